The quantitative estimate of drug-likeness (QED) is 0.891. The summed E-state index contributed by atoms with van der Waals surface area (Å²) >= 11 is 0. The number of aromatic nitrogens is 2. The van der Waals surface area contributed by atoms with Crippen molar-refractivity contribution in [2.45, 2.75) is 13.8 Å². The number of aromatic carboxylic acids is 1. The summed E-state index contributed by atoms with van der Waals surface area (Å²) in [4.78, 5) is 31.3. The first kappa shape index (κ1) is 13.7. The van der Waals surface area contributed by atoms with Crippen LogP contribution in [0.1, 0.15) is 32.1 Å². The van der Waals surface area contributed by atoms with Gasteiger partial charge in [-0.05, 0) is 32.0 Å². The zero-order valence-corrected chi connectivity index (χ0v) is 11.0. The average molecular weight is 271 g/mol. The molecule has 0 atom stereocenters. The van der Waals surface area contributed by atoms with Crippen molar-refractivity contribution in [3.63, 3.8) is 0 Å². The molecule has 2 N–H and O–H groups in total. The number of carbonyl (C=O) groups is 2. The van der Waals surface area contributed by atoms with Gasteiger partial charge in [0.2, 0.25) is 0 Å². The summed E-state index contributed by atoms with van der Waals surface area (Å²) < 4.78 is 0. The summed E-state index contributed by atoms with van der Waals surface area (Å²) in [5, 5.41) is 11.7. The second kappa shape index (κ2) is 5.48. The highest BCUT2D eigenvalue weighted by Gasteiger charge is 2.17. The fraction of sp³-hybridized carbons (Fsp3) is 0.143. The van der Waals surface area contributed by atoms with Crippen LogP contribution in [0.4, 0.5) is 5.82 Å². The maximum atomic E-state index is 12.1. The molecule has 6 nitrogen and oxygen atoms in total. The largest absolute Gasteiger partial charge is 0.478 e. The van der Waals surface area contributed by atoms with Crippen molar-refractivity contribution in [2.75, 3.05) is 5.32 Å². The van der Waals surface area contributed by atoms with Crippen molar-refractivity contribution >= 4 is 17.7 Å². The minimum absolute atomic E-state index is 0.0340. The van der Waals surface area contributed by atoms with Crippen LogP contribution in [0.3, 0.4) is 0 Å². The number of anilines is 1. The average Bonchev–Trinajstić information content (AvgIpc) is 2.38. The zero-order chi connectivity index (χ0) is 14.7. The molecule has 2 rings (SSSR count). The Morgan fingerprint density at radius 3 is 2.55 bits per heavy atom. The summed E-state index contributed by atoms with van der Waals surface area (Å²) in [6.45, 7) is 3.46. The molecule has 2 aromatic rings. The topological polar surface area (TPSA) is 92.2 Å². The molecule has 1 amide bonds. The summed E-state index contributed by atoms with van der Waals surface area (Å²) in [5.41, 5.74) is 0.837. The first-order valence-electron chi connectivity index (χ1n) is 5.92. The van der Waals surface area contributed by atoms with E-state index in [2.05, 4.69) is 15.3 Å². The van der Waals surface area contributed by atoms with E-state index in [9.17, 15) is 9.59 Å². The second-order valence-electron chi connectivity index (χ2n) is 4.30. The normalized spacial score (nSPS) is 10.1. The highest BCUT2D eigenvalue weighted by molar-refractivity contribution is 6.10. The third-order valence-electron chi connectivity index (χ3n) is 2.67. The van der Waals surface area contributed by atoms with Gasteiger partial charge in [-0.25, -0.2) is 14.8 Å². The fourth-order valence-electron chi connectivity index (χ4n) is 1.74. The minimum atomic E-state index is -1.14. The van der Waals surface area contributed by atoms with Crippen LogP contribution in [-0.4, -0.2) is 27.0 Å². The van der Waals surface area contributed by atoms with Crippen LogP contribution in [0.5, 0.6) is 0 Å². The van der Waals surface area contributed by atoms with Crippen LogP contribution >= 0.6 is 0 Å². The van der Waals surface area contributed by atoms with Gasteiger partial charge in [-0.1, -0.05) is 11.6 Å². The highest BCUT2D eigenvalue weighted by Crippen LogP contribution is 2.14. The summed E-state index contributed by atoms with van der Waals surface area (Å²) in [7, 11) is 0. The molecule has 0 aliphatic carbocycles. The molecule has 1 heterocycles. The van der Waals surface area contributed by atoms with Gasteiger partial charge in [-0.2, -0.15) is 0 Å². The Morgan fingerprint density at radius 1 is 1.15 bits per heavy atom. The van der Waals surface area contributed by atoms with E-state index >= 15 is 0 Å². The van der Waals surface area contributed by atoms with Crippen molar-refractivity contribution in [1.29, 1.82) is 0 Å². The molecule has 0 bridgehead atoms. The summed E-state index contributed by atoms with van der Waals surface area (Å²) in [5.74, 6) is -0.803. The molecule has 0 unspecified atom stereocenters. The molecule has 102 valence electrons. The van der Waals surface area contributed by atoms with E-state index in [-0.39, 0.29) is 11.1 Å². The van der Waals surface area contributed by atoms with Gasteiger partial charge in [0, 0.05) is 6.20 Å². The lowest BCUT2D eigenvalue weighted by Gasteiger charge is -2.08. The van der Waals surface area contributed by atoms with Crippen molar-refractivity contribution in [1.82, 2.24) is 9.97 Å². The van der Waals surface area contributed by atoms with Gasteiger partial charge in [0.1, 0.15) is 11.6 Å². The molecule has 0 radical (unpaired) electrons. The predicted octanol–water partition coefficient (Wildman–Crippen LogP) is 2.04. The van der Waals surface area contributed by atoms with Crippen LogP contribution in [-0.2, 0) is 0 Å². The number of carbonyl (C=O) groups excluding carboxylic acids is 1. The molecule has 1 aromatic heterocycles. The third-order valence-corrected chi connectivity index (χ3v) is 2.67. The van der Waals surface area contributed by atoms with Crippen molar-refractivity contribution in [2.24, 2.45) is 0 Å². The van der Waals surface area contributed by atoms with Crippen molar-refractivity contribution in [3.8, 4) is 0 Å². The molecule has 6 heteroatoms. The maximum Gasteiger partial charge on any atom is 0.336 e. The first-order chi connectivity index (χ1) is 9.47. The monoisotopic (exact) mass is 271 g/mol. The van der Waals surface area contributed by atoms with Crippen LogP contribution < -0.4 is 5.32 Å². The SMILES string of the molecule is Cc1ccc(C(=O)Nc2ccnc(C)n2)c(C(=O)O)c1. The van der Waals surface area contributed by atoms with Crippen molar-refractivity contribution < 1.29 is 14.7 Å². The second-order valence-corrected chi connectivity index (χ2v) is 4.30. The summed E-state index contributed by atoms with van der Waals surface area (Å²) in [6.07, 6.45) is 1.52. The number of nitrogens with zero attached hydrogens (tertiary/aromatic N) is 2. The lowest BCUT2D eigenvalue weighted by atomic mass is 10.0. The number of carboxylic acid groups (broad SMARTS) is 1. The fourth-order valence-corrected chi connectivity index (χ4v) is 1.74. The van der Waals surface area contributed by atoms with E-state index in [1.807, 2.05) is 0 Å². The van der Waals surface area contributed by atoms with E-state index < -0.39 is 11.9 Å². The van der Waals surface area contributed by atoms with Crippen LogP contribution in [0, 0.1) is 13.8 Å². The van der Waals surface area contributed by atoms with Gasteiger partial charge in [-0.3, -0.25) is 4.79 Å². The van der Waals surface area contributed by atoms with Gasteiger partial charge >= 0.3 is 5.97 Å². The Hall–Kier alpha value is -2.76. The minimum Gasteiger partial charge on any atom is -0.478 e. The Labute approximate surface area is 115 Å². The lowest BCUT2D eigenvalue weighted by Crippen LogP contribution is -2.17. The van der Waals surface area contributed by atoms with E-state index in [1.54, 1.807) is 26.0 Å². The third kappa shape index (κ3) is 2.97. The van der Waals surface area contributed by atoms with Crippen LogP contribution in [0.2, 0.25) is 0 Å². The Bertz CT molecular complexity index is 683. The molecule has 20 heavy (non-hydrogen) atoms. The predicted molar refractivity (Wildman–Crippen MR) is 72.9 cm³/mol. The van der Waals surface area contributed by atoms with E-state index in [0.717, 1.165) is 5.56 Å². The molecule has 1 aromatic carbocycles. The number of carboxylic acids is 1. The van der Waals surface area contributed by atoms with Crippen LogP contribution in [0.15, 0.2) is 30.5 Å². The number of hydrogen-bond donors (Lipinski definition) is 2. The van der Waals surface area contributed by atoms with Gasteiger partial charge < -0.3 is 10.4 Å². The molecule has 0 spiro atoms. The number of hydrogen-bond acceptors (Lipinski definition) is 4. The van der Waals surface area contributed by atoms with Gasteiger partial charge in [-0.15, -0.1) is 0 Å². The van der Waals surface area contributed by atoms with E-state index in [1.165, 1.54) is 18.3 Å². The van der Waals surface area contributed by atoms with Gasteiger partial charge in [0.25, 0.3) is 5.91 Å². The number of nitrogens with one attached hydrogen (secondary N) is 1. The molecule has 0 saturated carbocycles. The smallest absolute Gasteiger partial charge is 0.336 e. The van der Waals surface area contributed by atoms with Gasteiger partial charge in [0.15, 0.2) is 0 Å². The number of amides is 1. The molecule has 0 aliphatic rings. The molecule has 0 saturated heterocycles. The molecular formula is C14H13N3O3. The first-order valence-corrected chi connectivity index (χ1v) is 5.92. The van der Waals surface area contributed by atoms with Gasteiger partial charge in [0.05, 0.1) is 11.1 Å². The maximum absolute atomic E-state index is 12.1. The lowest BCUT2D eigenvalue weighted by molar-refractivity contribution is 0.0692. The highest BCUT2D eigenvalue weighted by atomic mass is 16.4. The van der Waals surface area contributed by atoms with Crippen molar-refractivity contribution in [3.05, 3.63) is 53.0 Å². The van der Waals surface area contributed by atoms with Crippen LogP contribution in [0.25, 0.3) is 0 Å². The van der Waals surface area contributed by atoms with E-state index in [0.29, 0.717) is 11.6 Å². The Balaban J connectivity index is 2.32. The molecule has 0 fully saturated rings. The molecule has 0 aliphatic heterocycles. The van der Waals surface area contributed by atoms with E-state index in [4.69, 9.17) is 5.11 Å². The zero-order valence-electron chi connectivity index (χ0n) is 11.0. The number of rotatable bonds is 3. The number of benzene rings is 1. The Kier molecular flexibility index (Phi) is 3.74. The standard InChI is InChI=1S/C14H13N3O3/c1-8-3-4-10(11(7-8)14(19)20)13(18)17-12-5-6-15-9(2)16-12/h3-7H,1-2H3,(H,19,20)(H,15,16,17,18). The Morgan fingerprint density at radius 2 is 1.90 bits per heavy atom. The molecular weight excluding hydrogens is 258 g/mol. The number of aryl methyl sites for hydroxylation is 2. The summed E-state index contributed by atoms with van der Waals surface area (Å²) in [6, 6.07) is 6.18.